The molecule has 0 radical (unpaired) electrons. The largest absolute Gasteiger partial charge is 0.439 e. The van der Waals surface area contributed by atoms with Crippen LogP contribution in [-0.2, 0) is 6.54 Å². The van der Waals surface area contributed by atoms with E-state index in [4.69, 9.17) is 4.42 Å². The lowest BCUT2D eigenvalue weighted by molar-refractivity contribution is 0.490. The number of hydrogen-bond donors (Lipinski definition) is 1. The third-order valence-electron chi connectivity index (χ3n) is 2.99. The Morgan fingerprint density at radius 1 is 1.44 bits per heavy atom. The molecule has 84 valence electrons. The number of nitrogens with zero attached hydrogens (tertiary/aromatic N) is 1. The molecule has 1 N–H and O–H groups in total. The summed E-state index contributed by atoms with van der Waals surface area (Å²) in [4.78, 5) is 4.46. The number of hydrogen-bond acceptors (Lipinski definition) is 3. The summed E-state index contributed by atoms with van der Waals surface area (Å²) in [5.41, 5.74) is 3.07. The second-order valence-corrected chi connectivity index (χ2v) is 4.65. The van der Waals surface area contributed by atoms with Crippen LogP contribution in [0.3, 0.4) is 0 Å². The molecular weight excluding hydrogens is 200 g/mol. The zero-order valence-electron chi connectivity index (χ0n) is 9.49. The summed E-state index contributed by atoms with van der Waals surface area (Å²) in [6.07, 6.45) is 2.75. The Bertz CT molecular complexity index is 500. The van der Waals surface area contributed by atoms with E-state index in [1.54, 1.807) is 0 Å². The average Bonchev–Trinajstić information content (AvgIpc) is 2.98. The van der Waals surface area contributed by atoms with Gasteiger partial charge in [0.05, 0.1) is 6.54 Å². The average molecular weight is 216 g/mol. The number of aryl methyl sites for hydroxylation is 1. The van der Waals surface area contributed by atoms with Crippen LogP contribution in [0.1, 0.15) is 24.3 Å². The first-order valence-electron chi connectivity index (χ1n) is 5.88. The first-order chi connectivity index (χ1) is 7.81. The number of nitrogens with one attached hydrogen (secondary N) is 1. The molecule has 1 aromatic carbocycles. The van der Waals surface area contributed by atoms with Crippen LogP contribution in [0, 0.1) is 12.8 Å². The molecule has 1 aliphatic carbocycles. The number of fused-ring (bicyclic) bond motifs is 1. The summed E-state index contributed by atoms with van der Waals surface area (Å²) in [5, 5.41) is 3.38. The molecule has 1 fully saturated rings. The van der Waals surface area contributed by atoms with Gasteiger partial charge in [-0.15, -0.1) is 0 Å². The molecule has 2 aromatic rings. The molecule has 0 unspecified atom stereocenters. The molecule has 3 nitrogen and oxygen atoms in total. The van der Waals surface area contributed by atoms with Crippen molar-refractivity contribution in [1.29, 1.82) is 0 Å². The van der Waals surface area contributed by atoms with E-state index in [1.807, 2.05) is 6.07 Å². The van der Waals surface area contributed by atoms with E-state index in [9.17, 15) is 0 Å². The Labute approximate surface area is 94.9 Å². The van der Waals surface area contributed by atoms with Crippen LogP contribution in [0.4, 0.5) is 0 Å². The zero-order chi connectivity index (χ0) is 11.0. The van der Waals surface area contributed by atoms with E-state index in [0.29, 0.717) is 0 Å². The fraction of sp³-hybridized carbons (Fsp3) is 0.462. The van der Waals surface area contributed by atoms with Crippen LogP contribution in [0.2, 0.25) is 0 Å². The highest BCUT2D eigenvalue weighted by Crippen LogP contribution is 2.27. The summed E-state index contributed by atoms with van der Waals surface area (Å²) in [6.45, 7) is 3.90. The minimum Gasteiger partial charge on any atom is -0.439 e. The molecule has 0 spiro atoms. The molecule has 1 saturated carbocycles. The minimum absolute atomic E-state index is 0.740. The second kappa shape index (κ2) is 3.91. The van der Waals surface area contributed by atoms with Crippen molar-refractivity contribution in [3.63, 3.8) is 0 Å². The Morgan fingerprint density at radius 3 is 3.12 bits per heavy atom. The number of benzene rings is 1. The van der Waals surface area contributed by atoms with Crippen LogP contribution < -0.4 is 5.32 Å². The van der Waals surface area contributed by atoms with Crippen molar-refractivity contribution in [2.75, 3.05) is 6.54 Å². The lowest BCUT2D eigenvalue weighted by Gasteiger charge is -1.97. The highest BCUT2D eigenvalue weighted by Gasteiger charge is 2.20. The molecule has 0 amide bonds. The predicted molar refractivity (Wildman–Crippen MR) is 63.2 cm³/mol. The van der Waals surface area contributed by atoms with Gasteiger partial charge in [0.2, 0.25) is 5.89 Å². The highest BCUT2D eigenvalue weighted by molar-refractivity contribution is 5.73. The molecule has 3 heteroatoms. The Balaban J connectivity index is 1.71. The van der Waals surface area contributed by atoms with Gasteiger partial charge in [-0.3, -0.25) is 0 Å². The van der Waals surface area contributed by atoms with Gasteiger partial charge in [-0.1, -0.05) is 6.07 Å². The van der Waals surface area contributed by atoms with Gasteiger partial charge in [-0.25, -0.2) is 4.98 Å². The molecule has 0 atom stereocenters. The molecule has 0 bridgehead atoms. The maximum Gasteiger partial charge on any atom is 0.209 e. The van der Waals surface area contributed by atoms with Crippen LogP contribution in [0.15, 0.2) is 22.6 Å². The van der Waals surface area contributed by atoms with Crippen LogP contribution in [-0.4, -0.2) is 11.5 Å². The van der Waals surface area contributed by atoms with Crippen molar-refractivity contribution in [1.82, 2.24) is 10.3 Å². The van der Waals surface area contributed by atoms with Crippen LogP contribution >= 0.6 is 0 Å². The predicted octanol–water partition coefficient (Wildman–Crippen LogP) is 2.64. The maximum atomic E-state index is 5.65. The van der Waals surface area contributed by atoms with Crippen LogP contribution in [0.25, 0.3) is 11.1 Å². The lowest BCUT2D eigenvalue weighted by atomic mass is 10.2. The van der Waals surface area contributed by atoms with Gasteiger partial charge in [-0.05, 0) is 49.9 Å². The van der Waals surface area contributed by atoms with Gasteiger partial charge in [-0.2, -0.15) is 0 Å². The van der Waals surface area contributed by atoms with Crippen molar-refractivity contribution < 1.29 is 4.42 Å². The van der Waals surface area contributed by atoms with Gasteiger partial charge in [0.1, 0.15) is 5.52 Å². The third kappa shape index (κ3) is 2.09. The summed E-state index contributed by atoms with van der Waals surface area (Å²) in [7, 11) is 0. The molecule has 1 aliphatic rings. The molecule has 1 aromatic heterocycles. The minimum atomic E-state index is 0.740. The smallest absolute Gasteiger partial charge is 0.209 e. The molecule has 3 rings (SSSR count). The normalized spacial score (nSPS) is 15.8. The van der Waals surface area contributed by atoms with E-state index in [-0.39, 0.29) is 0 Å². The topological polar surface area (TPSA) is 38.1 Å². The number of rotatable bonds is 4. The summed E-state index contributed by atoms with van der Waals surface area (Å²) >= 11 is 0. The first kappa shape index (κ1) is 9.85. The summed E-state index contributed by atoms with van der Waals surface area (Å²) < 4.78 is 5.65. The van der Waals surface area contributed by atoms with Gasteiger partial charge >= 0.3 is 0 Å². The van der Waals surface area contributed by atoms with Crippen molar-refractivity contribution >= 4 is 11.1 Å². The van der Waals surface area contributed by atoms with E-state index in [1.165, 1.54) is 18.4 Å². The van der Waals surface area contributed by atoms with Gasteiger partial charge < -0.3 is 9.73 Å². The molecule has 0 aliphatic heterocycles. The fourth-order valence-corrected chi connectivity index (χ4v) is 1.87. The van der Waals surface area contributed by atoms with E-state index < -0.39 is 0 Å². The standard InChI is InChI=1S/C13H16N2O/c1-9-2-5-12-11(6-9)15-13(16-12)8-14-7-10-3-4-10/h2,5-6,10,14H,3-4,7-8H2,1H3. The third-order valence-corrected chi connectivity index (χ3v) is 2.99. The number of oxazole rings is 1. The van der Waals surface area contributed by atoms with Crippen molar-refractivity contribution in [2.45, 2.75) is 26.3 Å². The highest BCUT2D eigenvalue weighted by atomic mass is 16.3. The lowest BCUT2D eigenvalue weighted by Crippen LogP contribution is -2.16. The molecule has 1 heterocycles. The molecule has 0 saturated heterocycles. The Kier molecular flexibility index (Phi) is 2.40. The fourth-order valence-electron chi connectivity index (χ4n) is 1.87. The monoisotopic (exact) mass is 216 g/mol. The van der Waals surface area contributed by atoms with Crippen molar-refractivity contribution in [3.05, 3.63) is 29.7 Å². The summed E-state index contributed by atoms with van der Waals surface area (Å²) in [5.74, 6) is 1.69. The van der Waals surface area contributed by atoms with Gasteiger partial charge in [0, 0.05) is 0 Å². The van der Waals surface area contributed by atoms with Gasteiger partial charge in [0.15, 0.2) is 5.58 Å². The van der Waals surface area contributed by atoms with E-state index in [0.717, 1.165) is 36.0 Å². The van der Waals surface area contributed by atoms with E-state index in [2.05, 4.69) is 29.4 Å². The van der Waals surface area contributed by atoms with E-state index >= 15 is 0 Å². The van der Waals surface area contributed by atoms with Crippen molar-refractivity contribution in [3.8, 4) is 0 Å². The van der Waals surface area contributed by atoms with Gasteiger partial charge in [0.25, 0.3) is 0 Å². The quantitative estimate of drug-likeness (QED) is 0.853. The maximum absolute atomic E-state index is 5.65. The SMILES string of the molecule is Cc1ccc2oc(CNCC3CC3)nc2c1. The Hall–Kier alpha value is -1.35. The van der Waals surface area contributed by atoms with Crippen molar-refractivity contribution in [2.24, 2.45) is 5.92 Å². The molecular formula is C13H16N2O. The summed E-state index contributed by atoms with van der Waals surface area (Å²) in [6, 6.07) is 6.10. The zero-order valence-corrected chi connectivity index (χ0v) is 9.49. The second-order valence-electron chi connectivity index (χ2n) is 4.65. The Morgan fingerprint density at radius 2 is 2.31 bits per heavy atom. The molecule has 16 heavy (non-hydrogen) atoms. The first-order valence-corrected chi connectivity index (χ1v) is 5.88. The van der Waals surface area contributed by atoms with Crippen LogP contribution in [0.5, 0.6) is 0 Å². The number of aromatic nitrogens is 1.